The maximum Gasteiger partial charge on any atom is 0.178 e. The summed E-state index contributed by atoms with van der Waals surface area (Å²) in [5, 5.41) is 12.1. The summed E-state index contributed by atoms with van der Waals surface area (Å²) < 4.78 is 0.915. The van der Waals surface area contributed by atoms with E-state index in [4.69, 9.17) is 11.6 Å². The molecule has 0 saturated carbocycles. The molecule has 19 heavy (non-hydrogen) atoms. The molecule has 0 aliphatic carbocycles. The summed E-state index contributed by atoms with van der Waals surface area (Å²) in [5.74, 6) is 0.637. The molecule has 0 aliphatic rings. The van der Waals surface area contributed by atoms with E-state index < -0.39 is 0 Å². The molecule has 0 fully saturated rings. The number of aromatic nitrogens is 2. The average Bonchev–Trinajstić information content (AvgIpc) is 2.85. The van der Waals surface area contributed by atoms with Crippen LogP contribution in [0, 0.1) is 5.92 Å². The summed E-state index contributed by atoms with van der Waals surface area (Å²) >= 11 is 9.40. The maximum atomic E-state index is 6.30. The van der Waals surface area contributed by atoms with Gasteiger partial charge in [0.25, 0.3) is 0 Å². The molecule has 102 valence electrons. The zero-order valence-electron chi connectivity index (χ0n) is 10.9. The molecular weight excluding hydrogens is 298 g/mol. The molecule has 0 unspecified atom stereocenters. The first-order valence-corrected chi connectivity index (χ1v) is 8.16. The lowest BCUT2D eigenvalue weighted by Gasteiger charge is -2.12. The highest BCUT2D eigenvalue weighted by atomic mass is 35.5. The lowest BCUT2D eigenvalue weighted by atomic mass is 10.2. The molecule has 0 saturated heterocycles. The van der Waals surface area contributed by atoms with Gasteiger partial charge in [-0.1, -0.05) is 60.7 Å². The maximum absolute atomic E-state index is 6.30. The number of nitrogens with one attached hydrogen (secondary N) is 1. The second-order valence-electron chi connectivity index (χ2n) is 4.56. The van der Waals surface area contributed by atoms with Crippen molar-refractivity contribution in [3.63, 3.8) is 0 Å². The third-order valence-corrected chi connectivity index (χ3v) is 4.84. The molecule has 0 atom stereocenters. The summed E-state index contributed by atoms with van der Waals surface area (Å²) in [4.78, 5) is 1.07. The van der Waals surface area contributed by atoms with Gasteiger partial charge in [-0.05, 0) is 24.1 Å². The molecule has 0 radical (unpaired) electrons. The normalized spacial score (nSPS) is 11.2. The highest BCUT2D eigenvalue weighted by Crippen LogP contribution is 2.36. The van der Waals surface area contributed by atoms with Crippen LogP contribution in [0.15, 0.2) is 32.9 Å². The SMILES string of the molecule is CC(C)CNCc1cccc(Cl)c1Sc1nncs1. The van der Waals surface area contributed by atoms with Crippen LogP contribution >= 0.6 is 34.7 Å². The summed E-state index contributed by atoms with van der Waals surface area (Å²) in [7, 11) is 0. The summed E-state index contributed by atoms with van der Waals surface area (Å²) in [6.07, 6.45) is 0. The smallest absolute Gasteiger partial charge is 0.178 e. The lowest BCUT2D eigenvalue weighted by molar-refractivity contribution is 0.550. The van der Waals surface area contributed by atoms with Gasteiger partial charge in [-0.2, -0.15) is 0 Å². The molecule has 1 heterocycles. The molecule has 2 aromatic rings. The Morgan fingerprint density at radius 2 is 2.26 bits per heavy atom. The molecule has 1 aromatic heterocycles. The van der Waals surface area contributed by atoms with Gasteiger partial charge >= 0.3 is 0 Å². The van der Waals surface area contributed by atoms with Crippen molar-refractivity contribution in [2.45, 2.75) is 29.6 Å². The van der Waals surface area contributed by atoms with E-state index in [2.05, 4.69) is 35.4 Å². The number of hydrogen-bond donors (Lipinski definition) is 1. The van der Waals surface area contributed by atoms with Crippen molar-refractivity contribution in [2.75, 3.05) is 6.54 Å². The Hall–Kier alpha value is -0.620. The number of halogens is 1. The standard InChI is InChI=1S/C13H16ClN3S2/c1-9(2)6-15-7-10-4-3-5-11(14)12(10)19-13-17-16-8-18-13/h3-5,8-9,15H,6-7H2,1-2H3. The Kier molecular flexibility index (Phi) is 5.63. The second-order valence-corrected chi connectivity index (χ2v) is 7.06. The summed E-state index contributed by atoms with van der Waals surface area (Å²) in [5.41, 5.74) is 2.93. The van der Waals surface area contributed by atoms with E-state index in [1.54, 1.807) is 17.3 Å². The Bertz CT molecular complexity index is 515. The highest BCUT2D eigenvalue weighted by Gasteiger charge is 2.10. The first kappa shape index (κ1) is 14.8. The molecule has 6 heteroatoms. The van der Waals surface area contributed by atoms with Gasteiger partial charge in [-0.25, -0.2) is 0 Å². The Balaban J connectivity index is 2.11. The highest BCUT2D eigenvalue weighted by molar-refractivity contribution is 8.01. The minimum atomic E-state index is 0.637. The van der Waals surface area contributed by atoms with Crippen molar-refractivity contribution in [3.05, 3.63) is 34.3 Å². The molecule has 0 bridgehead atoms. The number of nitrogens with zero attached hydrogens (tertiary/aromatic N) is 2. The molecule has 0 amide bonds. The van der Waals surface area contributed by atoms with Crippen LogP contribution in [-0.4, -0.2) is 16.7 Å². The first-order valence-electron chi connectivity index (χ1n) is 6.09. The molecule has 1 N–H and O–H groups in total. The van der Waals surface area contributed by atoms with E-state index in [1.165, 1.54) is 16.9 Å². The van der Waals surface area contributed by atoms with Gasteiger partial charge in [0.15, 0.2) is 4.34 Å². The number of rotatable bonds is 6. The van der Waals surface area contributed by atoms with E-state index in [0.717, 1.165) is 27.3 Å². The van der Waals surface area contributed by atoms with Crippen LogP contribution in [0.5, 0.6) is 0 Å². The minimum absolute atomic E-state index is 0.637. The van der Waals surface area contributed by atoms with Crippen molar-refractivity contribution in [2.24, 2.45) is 5.92 Å². The Morgan fingerprint density at radius 1 is 1.42 bits per heavy atom. The van der Waals surface area contributed by atoms with Crippen LogP contribution in [0.4, 0.5) is 0 Å². The quantitative estimate of drug-likeness (QED) is 0.871. The van der Waals surface area contributed by atoms with Gasteiger partial charge in [-0.3, -0.25) is 0 Å². The van der Waals surface area contributed by atoms with Crippen molar-refractivity contribution in [3.8, 4) is 0 Å². The van der Waals surface area contributed by atoms with Crippen LogP contribution in [0.3, 0.4) is 0 Å². The first-order chi connectivity index (χ1) is 9.16. The second kappa shape index (κ2) is 7.24. The third-order valence-electron chi connectivity index (χ3n) is 2.45. The predicted octanol–water partition coefficient (Wildman–Crippen LogP) is 4.09. The fraction of sp³-hybridized carbons (Fsp3) is 0.385. The van der Waals surface area contributed by atoms with Gasteiger partial charge in [0.1, 0.15) is 5.51 Å². The lowest BCUT2D eigenvalue weighted by Crippen LogP contribution is -2.19. The van der Waals surface area contributed by atoms with E-state index in [-0.39, 0.29) is 0 Å². The van der Waals surface area contributed by atoms with Crippen LogP contribution in [-0.2, 0) is 6.54 Å². The zero-order valence-corrected chi connectivity index (χ0v) is 13.3. The van der Waals surface area contributed by atoms with Crippen LogP contribution in [0.1, 0.15) is 19.4 Å². The van der Waals surface area contributed by atoms with Gasteiger partial charge in [0.05, 0.1) is 5.02 Å². The third kappa shape index (κ3) is 4.45. The fourth-order valence-corrected chi connectivity index (χ4v) is 3.46. The van der Waals surface area contributed by atoms with Crippen LogP contribution < -0.4 is 5.32 Å². The number of benzene rings is 1. The van der Waals surface area contributed by atoms with Crippen molar-refractivity contribution >= 4 is 34.7 Å². The number of hydrogen-bond acceptors (Lipinski definition) is 5. The molecule has 0 aliphatic heterocycles. The topological polar surface area (TPSA) is 37.8 Å². The molecule has 3 nitrogen and oxygen atoms in total. The van der Waals surface area contributed by atoms with Crippen LogP contribution in [0.25, 0.3) is 0 Å². The van der Waals surface area contributed by atoms with E-state index in [9.17, 15) is 0 Å². The zero-order chi connectivity index (χ0) is 13.7. The summed E-state index contributed by atoms with van der Waals surface area (Å²) in [6, 6.07) is 6.00. The largest absolute Gasteiger partial charge is 0.312 e. The van der Waals surface area contributed by atoms with Gasteiger partial charge in [0, 0.05) is 11.4 Å². The predicted molar refractivity (Wildman–Crippen MR) is 82.0 cm³/mol. The summed E-state index contributed by atoms with van der Waals surface area (Å²) in [6.45, 7) is 6.21. The monoisotopic (exact) mass is 313 g/mol. The van der Waals surface area contributed by atoms with Crippen molar-refractivity contribution in [1.29, 1.82) is 0 Å². The fourth-order valence-electron chi connectivity index (χ4n) is 1.60. The molecule has 0 spiro atoms. The average molecular weight is 314 g/mol. The molecular formula is C13H16ClN3S2. The minimum Gasteiger partial charge on any atom is -0.312 e. The van der Waals surface area contributed by atoms with Gasteiger partial charge < -0.3 is 5.32 Å². The Morgan fingerprint density at radius 3 is 2.95 bits per heavy atom. The van der Waals surface area contributed by atoms with E-state index in [1.807, 2.05) is 12.1 Å². The van der Waals surface area contributed by atoms with Crippen molar-refractivity contribution in [1.82, 2.24) is 15.5 Å². The van der Waals surface area contributed by atoms with Crippen LogP contribution in [0.2, 0.25) is 5.02 Å². The Labute approximate surface area is 126 Å². The van der Waals surface area contributed by atoms with Crippen molar-refractivity contribution < 1.29 is 0 Å². The van der Waals surface area contributed by atoms with E-state index >= 15 is 0 Å². The van der Waals surface area contributed by atoms with E-state index in [0.29, 0.717) is 5.92 Å². The molecule has 2 rings (SSSR count). The van der Waals surface area contributed by atoms with Gasteiger partial charge in [-0.15, -0.1) is 10.2 Å². The van der Waals surface area contributed by atoms with Gasteiger partial charge in [0.2, 0.25) is 0 Å². The molecule has 1 aromatic carbocycles.